The van der Waals surface area contributed by atoms with Gasteiger partial charge in [-0.05, 0) is 31.4 Å². The van der Waals surface area contributed by atoms with Crippen LogP contribution in [0.2, 0.25) is 0 Å². The van der Waals surface area contributed by atoms with E-state index < -0.39 is 0 Å². The second kappa shape index (κ2) is 6.15. The van der Waals surface area contributed by atoms with Crippen molar-refractivity contribution in [1.82, 2.24) is 4.90 Å². The molecule has 0 radical (unpaired) electrons. The highest BCUT2D eigenvalue weighted by Gasteiger charge is 2.21. The first kappa shape index (κ1) is 14.0. The molecule has 0 saturated heterocycles. The molecule has 2 rings (SSSR count). The fourth-order valence-corrected chi connectivity index (χ4v) is 2.50. The summed E-state index contributed by atoms with van der Waals surface area (Å²) in [4.78, 5) is 2.27. The molecule has 1 aromatic rings. The number of hydrogen-bond acceptors (Lipinski definition) is 2. The Morgan fingerprint density at radius 3 is 2.74 bits per heavy atom. The lowest BCUT2D eigenvalue weighted by Gasteiger charge is -2.31. The van der Waals surface area contributed by atoms with Crippen molar-refractivity contribution >= 4 is 5.84 Å². The van der Waals surface area contributed by atoms with Crippen LogP contribution < -0.4 is 5.73 Å². The number of nitrogens with one attached hydrogen (secondary N) is 1. The Bertz CT molecular complexity index is 455. The number of nitrogens with two attached hydrogens (primary N) is 1. The summed E-state index contributed by atoms with van der Waals surface area (Å²) >= 11 is 0. The molecule has 0 atom stereocenters. The van der Waals surface area contributed by atoms with Crippen LogP contribution in [0.1, 0.15) is 37.3 Å². The molecule has 4 heteroatoms. The summed E-state index contributed by atoms with van der Waals surface area (Å²) in [5.41, 5.74) is 6.23. The molecule has 0 unspecified atom stereocenters. The van der Waals surface area contributed by atoms with Gasteiger partial charge >= 0.3 is 0 Å². The normalized spacial score (nSPS) is 15.5. The Labute approximate surface area is 114 Å². The van der Waals surface area contributed by atoms with Crippen LogP contribution in [0.5, 0.6) is 0 Å². The van der Waals surface area contributed by atoms with Gasteiger partial charge in [0.05, 0.1) is 5.56 Å². The highest BCUT2D eigenvalue weighted by Crippen LogP contribution is 2.27. The maximum absolute atomic E-state index is 14.2. The molecule has 0 heterocycles. The third-order valence-electron chi connectivity index (χ3n) is 3.95. The van der Waals surface area contributed by atoms with Gasteiger partial charge in [0.1, 0.15) is 11.7 Å². The van der Waals surface area contributed by atoms with Gasteiger partial charge < -0.3 is 5.73 Å². The highest BCUT2D eigenvalue weighted by atomic mass is 19.1. The maximum atomic E-state index is 14.2. The summed E-state index contributed by atoms with van der Waals surface area (Å²) in [7, 11) is 0. The van der Waals surface area contributed by atoms with E-state index in [2.05, 4.69) is 11.8 Å². The van der Waals surface area contributed by atoms with Gasteiger partial charge in [-0.25, -0.2) is 4.39 Å². The summed E-state index contributed by atoms with van der Waals surface area (Å²) < 4.78 is 14.2. The molecule has 3 nitrogen and oxygen atoms in total. The summed E-state index contributed by atoms with van der Waals surface area (Å²) in [5.74, 6) is 0.224. The topological polar surface area (TPSA) is 53.1 Å². The van der Waals surface area contributed by atoms with Crippen molar-refractivity contribution in [3.63, 3.8) is 0 Å². The number of rotatable bonds is 6. The summed E-state index contributed by atoms with van der Waals surface area (Å²) in [5, 5.41) is 7.38. The standard InChI is InChI=1S/C15H22FN3/c1-2-19(9-11-5-3-6-11)10-12-7-4-8-13(14(12)16)15(17)18/h4,7-8,11H,2-3,5-6,9-10H2,1H3,(H3,17,18). The van der Waals surface area contributed by atoms with Crippen LogP contribution in [0, 0.1) is 17.1 Å². The van der Waals surface area contributed by atoms with Crippen molar-refractivity contribution in [2.75, 3.05) is 13.1 Å². The lowest BCUT2D eigenvalue weighted by Crippen LogP contribution is -2.32. The van der Waals surface area contributed by atoms with Crippen LogP contribution in [0.3, 0.4) is 0 Å². The quantitative estimate of drug-likeness (QED) is 0.612. The zero-order valence-electron chi connectivity index (χ0n) is 11.5. The van der Waals surface area contributed by atoms with Gasteiger partial charge in [0, 0.05) is 18.7 Å². The molecule has 0 aliphatic heterocycles. The molecule has 1 fully saturated rings. The maximum Gasteiger partial charge on any atom is 0.138 e. The second-order valence-electron chi connectivity index (χ2n) is 5.32. The monoisotopic (exact) mass is 263 g/mol. The van der Waals surface area contributed by atoms with E-state index in [0.717, 1.165) is 19.0 Å². The molecule has 0 spiro atoms. The first-order valence-electron chi connectivity index (χ1n) is 6.96. The molecule has 0 aromatic heterocycles. The molecule has 1 saturated carbocycles. The van der Waals surface area contributed by atoms with Gasteiger partial charge in [0.2, 0.25) is 0 Å². The summed E-state index contributed by atoms with van der Waals surface area (Å²) in [6, 6.07) is 5.11. The minimum atomic E-state index is -0.345. The predicted molar refractivity (Wildman–Crippen MR) is 75.7 cm³/mol. The first-order valence-corrected chi connectivity index (χ1v) is 6.96. The van der Waals surface area contributed by atoms with E-state index in [1.807, 2.05) is 0 Å². The average molecular weight is 263 g/mol. The number of nitrogen functional groups attached to an aromatic ring is 1. The van der Waals surface area contributed by atoms with Gasteiger partial charge in [-0.3, -0.25) is 10.3 Å². The molecule has 1 aromatic carbocycles. The fourth-order valence-electron chi connectivity index (χ4n) is 2.50. The number of halogens is 1. The van der Waals surface area contributed by atoms with E-state index in [-0.39, 0.29) is 17.2 Å². The van der Waals surface area contributed by atoms with Crippen LogP contribution in [-0.4, -0.2) is 23.8 Å². The van der Waals surface area contributed by atoms with Gasteiger partial charge in [0.15, 0.2) is 0 Å². The Morgan fingerprint density at radius 1 is 1.47 bits per heavy atom. The minimum absolute atomic E-state index is 0.206. The molecule has 0 amide bonds. The van der Waals surface area contributed by atoms with Crippen molar-refractivity contribution in [3.8, 4) is 0 Å². The van der Waals surface area contributed by atoms with Gasteiger partial charge in [-0.1, -0.05) is 25.5 Å². The zero-order valence-corrected chi connectivity index (χ0v) is 11.5. The van der Waals surface area contributed by atoms with Crippen molar-refractivity contribution in [2.24, 2.45) is 11.7 Å². The largest absolute Gasteiger partial charge is 0.384 e. The van der Waals surface area contributed by atoms with Crippen molar-refractivity contribution in [1.29, 1.82) is 5.41 Å². The lowest BCUT2D eigenvalue weighted by atomic mass is 9.85. The highest BCUT2D eigenvalue weighted by molar-refractivity contribution is 5.95. The van der Waals surface area contributed by atoms with E-state index >= 15 is 0 Å². The van der Waals surface area contributed by atoms with Crippen LogP contribution in [-0.2, 0) is 6.54 Å². The van der Waals surface area contributed by atoms with Gasteiger partial charge in [0.25, 0.3) is 0 Å². The molecule has 104 valence electrons. The van der Waals surface area contributed by atoms with Crippen molar-refractivity contribution in [2.45, 2.75) is 32.7 Å². The van der Waals surface area contributed by atoms with Gasteiger partial charge in [-0.2, -0.15) is 0 Å². The molecular formula is C15H22FN3. The van der Waals surface area contributed by atoms with Crippen LogP contribution in [0.15, 0.2) is 18.2 Å². The number of benzene rings is 1. The lowest BCUT2D eigenvalue weighted by molar-refractivity contribution is 0.176. The zero-order chi connectivity index (χ0) is 13.8. The number of hydrogen-bond donors (Lipinski definition) is 2. The Morgan fingerprint density at radius 2 is 2.21 bits per heavy atom. The third-order valence-corrected chi connectivity index (χ3v) is 3.95. The van der Waals surface area contributed by atoms with Gasteiger partial charge in [-0.15, -0.1) is 0 Å². The summed E-state index contributed by atoms with van der Waals surface area (Å²) in [6.45, 7) is 4.66. The number of amidine groups is 1. The SMILES string of the molecule is CCN(Cc1cccc(C(=N)N)c1F)CC1CCC1. The van der Waals surface area contributed by atoms with Crippen molar-refractivity contribution in [3.05, 3.63) is 35.1 Å². The minimum Gasteiger partial charge on any atom is -0.384 e. The van der Waals surface area contributed by atoms with E-state index in [1.165, 1.54) is 19.3 Å². The summed E-state index contributed by atoms with van der Waals surface area (Å²) in [6.07, 6.45) is 3.93. The van der Waals surface area contributed by atoms with Crippen LogP contribution in [0.4, 0.5) is 4.39 Å². The molecule has 3 N–H and O–H groups in total. The molecule has 1 aliphatic carbocycles. The fraction of sp³-hybridized carbons (Fsp3) is 0.533. The van der Waals surface area contributed by atoms with E-state index in [9.17, 15) is 4.39 Å². The Balaban J connectivity index is 2.07. The van der Waals surface area contributed by atoms with E-state index in [1.54, 1.807) is 18.2 Å². The Hall–Kier alpha value is -1.42. The third kappa shape index (κ3) is 3.32. The van der Waals surface area contributed by atoms with E-state index in [4.69, 9.17) is 11.1 Å². The van der Waals surface area contributed by atoms with Crippen LogP contribution >= 0.6 is 0 Å². The molecule has 19 heavy (non-hydrogen) atoms. The molecule has 1 aliphatic rings. The number of nitrogens with zero attached hydrogens (tertiary/aromatic N) is 1. The smallest absolute Gasteiger partial charge is 0.138 e. The average Bonchev–Trinajstić information content (AvgIpc) is 2.33. The Kier molecular flexibility index (Phi) is 4.53. The van der Waals surface area contributed by atoms with Crippen molar-refractivity contribution < 1.29 is 4.39 Å². The first-order chi connectivity index (χ1) is 9.11. The predicted octanol–water partition coefficient (Wildman–Crippen LogP) is 2.73. The second-order valence-corrected chi connectivity index (χ2v) is 5.32. The molecular weight excluding hydrogens is 241 g/mol. The van der Waals surface area contributed by atoms with Crippen LogP contribution in [0.25, 0.3) is 0 Å². The molecule has 0 bridgehead atoms. The van der Waals surface area contributed by atoms with E-state index in [0.29, 0.717) is 12.1 Å².